The average Bonchev–Trinajstić information content (AvgIpc) is 2.73. The van der Waals surface area contributed by atoms with E-state index in [9.17, 15) is 4.79 Å². The van der Waals surface area contributed by atoms with Crippen molar-refractivity contribution in [3.8, 4) is 11.5 Å². The number of aromatic nitrogens is 2. The van der Waals surface area contributed by atoms with Gasteiger partial charge >= 0.3 is 6.03 Å². The predicted octanol–water partition coefficient (Wildman–Crippen LogP) is 1.96. The first-order valence-corrected chi connectivity index (χ1v) is 8.96. The van der Waals surface area contributed by atoms with Gasteiger partial charge in [-0.25, -0.2) is 14.8 Å². The Labute approximate surface area is 158 Å². The number of rotatable bonds is 6. The maximum atomic E-state index is 12.2. The number of urea groups is 1. The number of piperidine rings is 1. The van der Waals surface area contributed by atoms with Crippen molar-refractivity contribution >= 4 is 12.0 Å². The summed E-state index contributed by atoms with van der Waals surface area (Å²) in [5, 5.41) is 5.93. The van der Waals surface area contributed by atoms with Gasteiger partial charge in [0.25, 0.3) is 0 Å². The summed E-state index contributed by atoms with van der Waals surface area (Å²) < 4.78 is 10.5. The van der Waals surface area contributed by atoms with Crippen molar-refractivity contribution in [3.63, 3.8) is 0 Å². The van der Waals surface area contributed by atoms with Gasteiger partial charge in [-0.15, -0.1) is 0 Å². The summed E-state index contributed by atoms with van der Waals surface area (Å²) in [5.41, 5.74) is 0.914. The molecule has 1 aromatic carbocycles. The highest BCUT2D eigenvalue weighted by atomic mass is 16.5. The van der Waals surface area contributed by atoms with Crippen LogP contribution in [0.4, 0.5) is 10.7 Å². The molecule has 2 N–H and O–H groups in total. The molecule has 0 saturated carbocycles. The largest absolute Gasteiger partial charge is 0.497 e. The standard InChI is InChI=1S/C19H25N5O3/c1-26-16-10-14(11-17(12-16)27-2)13-22-19(25)23-15-4-8-24(9-5-15)18-20-6-3-7-21-18/h3,6-7,10-12,15H,4-5,8-9,13H2,1-2H3,(H2,22,23,25). The van der Waals surface area contributed by atoms with Crippen LogP contribution in [0, 0.1) is 0 Å². The lowest BCUT2D eigenvalue weighted by molar-refractivity contribution is 0.234. The van der Waals surface area contributed by atoms with Gasteiger partial charge in [0.1, 0.15) is 11.5 Å². The number of carbonyl (C=O) groups excluding carboxylic acids is 1. The molecule has 27 heavy (non-hydrogen) atoms. The lowest BCUT2D eigenvalue weighted by Crippen LogP contribution is -2.48. The van der Waals surface area contributed by atoms with E-state index >= 15 is 0 Å². The molecule has 3 rings (SSSR count). The van der Waals surface area contributed by atoms with Gasteiger partial charge in [-0.2, -0.15) is 0 Å². The van der Waals surface area contributed by atoms with Crippen molar-refractivity contribution in [2.75, 3.05) is 32.2 Å². The third kappa shape index (κ3) is 5.22. The number of methoxy groups -OCH3 is 2. The molecule has 1 aliphatic heterocycles. The Balaban J connectivity index is 1.45. The molecular formula is C19H25N5O3. The number of ether oxygens (including phenoxy) is 2. The van der Waals surface area contributed by atoms with Gasteiger partial charge in [0, 0.05) is 44.1 Å². The summed E-state index contributed by atoms with van der Waals surface area (Å²) in [6.45, 7) is 2.04. The van der Waals surface area contributed by atoms with Crippen molar-refractivity contribution in [2.45, 2.75) is 25.4 Å². The van der Waals surface area contributed by atoms with Crippen molar-refractivity contribution in [3.05, 3.63) is 42.2 Å². The summed E-state index contributed by atoms with van der Waals surface area (Å²) in [5.74, 6) is 2.14. The van der Waals surface area contributed by atoms with Crippen LogP contribution in [0.15, 0.2) is 36.7 Å². The molecule has 0 atom stereocenters. The first-order valence-electron chi connectivity index (χ1n) is 8.96. The predicted molar refractivity (Wildman–Crippen MR) is 102 cm³/mol. The summed E-state index contributed by atoms with van der Waals surface area (Å²) in [4.78, 5) is 22.9. The van der Waals surface area contributed by atoms with Crippen LogP contribution in [-0.4, -0.2) is 49.4 Å². The highest BCUT2D eigenvalue weighted by Crippen LogP contribution is 2.22. The van der Waals surface area contributed by atoms with Gasteiger partial charge in [0.05, 0.1) is 14.2 Å². The molecule has 8 nitrogen and oxygen atoms in total. The molecule has 0 unspecified atom stereocenters. The first-order chi connectivity index (χ1) is 13.2. The van der Waals surface area contributed by atoms with Crippen molar-refractivity contribution < 1.29 is 14.3 Å². The fourth-order valence-corrected chi connectivity index (χ4v) is 3.07. The maximum Gasteiger partial charge on any atom is 0.315 e. The Kier molecular flexibility index (Phi) is 6.30. The van der Waals surface area contributed by atoms with E-state index in [4.69, 9.17) is 9.47 Å². The van der Waals surface area contributed by atoms with E-state index in [1.807, 2.05) is 12.1 Å². The van der Waals surface area contributed by atoms with Gasteiger partial charge in [0.15, 0.2) is 0 Å². The van der Waals surface area contributed by atoms with E-state index < -0.39 is 0 Å². The second-order valence-corrected chi connectivity index (χ2v) is 6.36. The zero-order chi connectivity index (χ0) is 19.1. The quantitative estimate of drug-likeness (QED) is 0.807. The average molecular weight is 371 g/mol. The first kappa shape index (κ1) is 18.8. The van der Waals surface area contributed by atoms with Crippen molar-refractivity contribution in [1.29, 1.82) is 0 Å². The number of nitrogens with zero attached hydrogens (tertiary/aromatic N) is 3. The van der Waals surface area contributed by atoms with E-state index in [0.717, 1.165) is 37.4 Å². The van der Waals surface area contributed by atoms with Gasteiger partial charge in [-0.05, 0) is 36.6 Å². The second-order valence-electron chi connectivity index (χ2n) is 6.36. The molecule has 2 aromatic rings. The Morgan fingerprint density at radius 3 is 2.33 bits per heavy atom. The summed E-state index contributed by atoms with van der Waals surface area (Å²) in [6.07, 6.45) is 5.21. The molecule has 0 aliphatic carbocycles. The summed E-state index contributed by atoms with van der Waals surface area (Å²) in [6, 6.07) is 7.33. The molecule has 144 valence electrons. The molecule has 8 heteroatoms. The number of hydrogen-bond donors (Lipinski definition) is 2. The molecule has 0 bridgehead atoms. The minimum Gasteiger partial charge on any atom is -0.497 e. The number of amides is 2. The molecular weight excluding hydrogens is 346 g/mol. The van der Waals surface area contributed by atoms with Crippen molar-refractivity contribution in [1.82, 2.24) is 20.6 Å². The van der Waals surface area contributed by atoms with Crippen LogP contribution in [0.3, 0.4) is 0 Å². The Morgan fingerprint density at radius 2 is 1.74 bits per heavy atom. The van der Waals surface area contributed by atoms with E-state index in [0.29, 0.717) is 18.0 Å². The Bertz CT molecular complexity index is 726. The maximum absolute atomic E-state index is 12.2. The van der Waals surface area contributed by atoms with Gasteiger partial charge in [0.2, 0.25) is 5.95 Å². The fraction of sp³-hybridized carbons (Fsp3) is 0.421. The van der Waals surface area contributed by atoms with Crippen LogP contribution < -0.4 is 25.0 Å². The van der Waals surface area contributed by atoms with E-state index in [-0.39, 0.29) is 12.1 Å². The van der Waals surface area contributed by atoms with Crippen LogP contribution in [0.5, 0.6) is 11.5 Å². The molecule has 1 fully saturated rings. The zero-order valence-corrected chi connectivity index (χ0v) is 15.6. The lowest BCUT2D eigenvalue weighted by Gasteiger charge is -2.32. The summed E-state index contributed by atoms with van der Waals surface area (Å²) in [7, 11) is 3.21. The van der Waals surface area contributed by atoms with Gasteiger partial charge < -0.3 is 25.0 Å². The SMILES string of the molecule is COc1cc(CNC(=O)NC2CCN(c3ncccn3)CC2)cc(OC)c1. The topological polar surface area (TPSA) is 88.6 Å². The number of benzene rings is 1. The normalized spacial score (nSPS) is 14.5. The monoisotopic (exact) mass is 371 g/mol. The Morgan fingerprint density at radius 1 is 1.11 bits per heavy atom. The minimum atomic E-state index is -0.175. The number of carbonyl (C=O) groups is 1. The van der Waals surface area contributed by atoms with Crippen LogP contribution in [0.25, 0.3) is 0 Å². The van der Waals surface area contributed by atoms with E-state index in [1.54, 1.807) is 38.7 Å². The minimum absolute atomic E-state index is 0.143. The molecule has 1 aliphatic rings. The van der Waals surface area contributed by atoms with Gasteiger partial charge in [-0.1, -0.05) is 0 Å². The molecule has 0 spiro atoms. The highest BCUT2D eigenvalue weighted by Gasteiger charge is 2.22. The van der Waals surface area contributed by atoms with Crippen LogP contribution in [0.1, 0.15) is 18.4 Å². The lowest BCUT2D eigenvalue weighted by atomic mass is 10.1. The fourth-order valence-electron chi connectivity index (χ4n) is 3.07. The summed E-state index contributed by atoms with van der Waals surface area (Å²) >= 11 is 0. The number of nitrogens with one attached hydrogen (secondary N) is 2. The highest BCUT2D eigenvalue weighted by molar-refractivity contribution is 5.74. The molecule has 0 radical (unpaired) electrons. The molecule has 1 saturated heterocycles. The number of anilines is 1. The zero-order valence-electron chi connectivity index (χ0n) is 15.6. The van der Waals surface area contributed by atoms with E-state index in [2.05, 4.69) is 25.5 Å². The third-order valence-corrected chi connectivity index (χ3v) is 4.53. The van der Waals surface area contributed by atoms with Crippen LogP contribution >= 0.6 is 0 Å². The molecule has 1 aromatic heterocycles. The van der Waals surface area contributed by atoms with Gasteiger partial charge in [-0.3, -0.25) is 0 Å². The van der Waals surface area contributed by atoms with E-state index in [1.165, 1.54) is 0 Å². The van der Waals surface area contributed by atoms with Crippen LogP contribution in [-0.2, 0) is 6.54 Å². The molecule has 2 heterocycles. The second kappa shape index (κ2) is 9.07. The number of hydrogen-bond acceptors (Lipinski definition) is 6. The third-order valence-electron chi connectivity index (χ3n) is 4.53. The smallest absolute Gasteiger partial charge is 0.315 e. The molecule has 2 amide bonds. The van der Waals surface area contributed by atoms with Crippen LogP contribution in [0.2, 0.25) is 0 Å². The van der Waals surface area contributed by atoms with Crippen molar-refractivity contribution in [2.24, 2.45) is 0 Å². The Hall–Kier alpha value is -3.03.